The van der Waals surface area contributed by atoms with Gasteiger partial charge < -0.3 is 0 Å². The molecule has 0 atom stereocenters. The normalized spacial score (nSPS) is 10.4. The van der Waals surface area contributed by atoms with E-state index in [4.69, 9.17) is 0 Å². The molecule has 0 aliphatic rings. The lowest BCUT2D eigenvalue weighted by molar-refractivity contribution is 0.0982. The number of rotatable bonds is 3. The fraction of sp³-hybridized carbons (Fsp3) is 0.167. The molecule has 0 saturated heterocycles. The van der Waals surface area contributed by atoms with E-state index in [0.29, 0.717) is 11.1 Å². The van der Waals surface area contributed by atoms with E-state index in [2.05, 4.69) is 0 Å². The Morgan fingerprint density at radius 1 is 1.12 bits per heavy atom. The highest BCUT2D eigenvalue weighted by atomic mass is 32.1. The van der Waals surface area contributed by atoms with Gasteiger partial charge in [0.2, 0.25) is 0 Å². The van der Waals surface area contributed by atoms with Crippen molar-refractivity contribution in [2.45, 2.75) is 13.8 Å². The SMILES string of the molecule is CC(=O)c1csc(-c2cccs2)c1C(C)=O. The monoisotopic (exact) mass is 250 g/mol. The standard InChI is InChI=1S/C12H10O2S2/c1-7(13)9-6-16-12(11(9)8(2)14)10-4-3-5-15-10/h3-6H,1-2H3. The largest absolute Gasteiger partial charge is 0.294 e. The number of hydrogen-bond donors (Lipinski definition) is 0. The van der Waals surface area contributed by atoms with Gasteiger partial charge in [0.05, 0.1) is 4.88 Å². The first-order chi connectivity index (χ1) is 7.61. The molecule has 82 valence electrons. The summed E-state index contributed by atoms with van der Waals surface area (Å²) in [5.74, 6) is -0.0980. The van der Waals surface area contributed by atoms with Crippen molar-refractivity contribution in [3.63, 3.8) is 0 Å². The smallest absolute Gasteiger partial charge is 0.162 e. The van der Waals surface area contributed by atoms with Gasteiger partial charge in [-0.1, -0.05) is 6.07 Å². The molecule has 0 aromatic carbocycles. The van der Waals surface area contributed by atoms with E-state index in [0.717, 1.165) is 9.75 Å². The van der Waals surface area contributed by atoms with Gasteiger partial charge in [-0.3, -0.25) is 9.59 Å². The quantitative estimate of drug-likeness (QED) is 0.775. The van der Waals surface area contributed by atoms with E-state index in [9.17, 15) is 9.59 Å². The van der Waals surface area contributed by atoms with Crippen LogP contribution in [-0.4, -0.2) is 11.6 Å². The van der Waals surface area contributed by atoms with E-state index in [1.54, 1.807) is 16.7 Å². The third-order valence-corrected chi connectivity index (χ3v) is 4.30. The van der Waals surface area contributed by atoms with Crippen molar-refractivity contribution in [1.82, 2.24) is 0 Å². The minimum absolute atomic E-state index is 0.0464. The molecule has 2 rings (SSSR count). The molecular formula is C12H10O2S2. The molecular weight excluding hydrogens is 240 g/mol. The minimum Gasteiger partial charge on any atom is -0.294 e. The van der Waals surface area contributed by atoms with E-state index in [-0.39, 0.29) is 11.6 Å². The number of ketones is 2. The predicted molar refractivity (Wildman–Crippen MR) is 67.6 cm³/mol. The molecule has 4 heteroatoms. The zero-order valence-corrected chi connectivity index (χ0v) is 10.6. The summed E-state index contributed by atoms with van der Waals surface area (Å²) in [5, 5.41) is 3.74. The van der Waals surface area contributed by atoms with Crippen molar-refractivity contribution in [3.05, 3.63) is 34.0 Å². The molecule has 2 heterocycles. The minimum atomic E-state index is -0.0516. The Balaban J connectivity index is 2.64. The maximum atomic E-state index is 11.6. The summed E-state index contributed by atoms with van der Waals surface area (Å²) in [5.41, 5.74) is 1.11. The second-order valence-electron chi connectivity index (χ2n) is 3.44. The number of carbonyl (C=O) groups is 2. The Labute approximate surface area is 102 Å². The Kier molecular flexibility index (Phi) is 3.03. The number of carbonyl (C=O) groups excluding carboxylic acids is 2. The summed E-state index contributed by atoms with van der Waals surface area (Å²) in [6.07, 6.45) is 0. The molecule has 0 N–H and O–H groups in total. The van der Waals surface area contributed by atoms with Gasteiger partial charge in [-0.15, -0.1) is 22.7 Å². The molecule has 0 saturated carbocycles. The fourth-order valence-corrected chi connectivity index (χ4v) is 3.59. The molecule has 0 unspecified atom stereocenters. The van der Waals surface area contributed by atoms with E-state index in [1.165, 1.54) is 25.2 Å². The van der Waals surface area contributed by atoms with Crippen LogP contribution in [-0.2, 0) is 0 Å². The second-order valence-corrected chi connectivity index (χ2v) is 5.27. The summed E-state index contributed by atoms with van der Waals surface area (Å²) < 4.78 is 0. The Bertz CT molecular complexity index is 535. The molecule has 2 aromatic rings. The van der Waals surface area contributed by atoms with Crippen LogP contribution in [0.1, 0.15) is 34.6 Å². The average Bonchev–Trinajstić information content (AvgIpc) is 2.85. The molecule has 0 spiro atoms. The molecule has 0 aliphatic heterocycles. The van der Waals surface area contributed by atoms with Gasteiger partial charge >= 0.3 is 0 Å². The molecule has 2 aromatic heterocycles. The Morgan fingerprint density at radius 3 is 2.38 bits per heavy atom. The van der Waals surface area contributed by atoms with Crippen LogP contribution in [0.25, 0.3) is 9.75 Å². The Hall–Kier alpha value is -1.26. The summed E-state index contributed by atoms with van der Waals surface area (Å²) in [4.78, 5) is 25.0. The van der Waals surface area contributed by atoms with Crippen molar-refractivity contribution >= 4 is 34.2 Å². The zero-order chi connectivity index (χ0) is 11.7. The van der Waals surface area contributed by atoms with E-state index < -0.39 is 0 Å². The molecule has 0 bridgehead atoms. The first kappa shape index (κ1) is 11.2. The van der Waals surface area contributed by atoms with Gasteiger partial charge in [0.25, 0.3) is 0 Å². The summed E-state index contributed by atoms with van der Waals surface area (Å²) in [6, 6.07) is 3.91. The topological polar surface area (TPSA) is 34.1 Å². The highest BCUT2D eigenvalue weighted by Crippen LogP contribution is 2.36. The van der Waals surface area contributed by atoms with E-state index in [1.807, 2.05) is 17.5 Å². The van der Waals surface area contributed by atoms with Crippen LogP contribution in [0.15, 0.2) is 22.9 Å². The highest BCUT2D eigenvalue weighted by Gasteiger charge is 2.19. The summed E-state index contributed by atoms with van der Waals surface area (Å²) in [6.45, 7) is 3.00. The average molecular weight is 250 g/mol. The van der Waals surface area contributed by atoms with Crippen LogP contribution in [0.5, 0.6) is 0 Å². The van der Waals surface area contributed by atoms with Crippen molar-refractivity contribution < 1.29 is 9.59 Å². The van der Waals surface area contributed by atoms with Crippen LogP contribution in [0.2, 0.25) is 0 Å². The van der Waals surface area contributed by atoms with Crippen LogP contribution in [0.4, 0.5) is 0 Å². The number of Topliss-reactive ketones (excluding diaryl/α,β-unsaturated/α-hetero) is 2. The molecule has 0 fully saturated rings. The van der Waals surface area contributed by atoms with Crippen LogP contribution in [0, 0.1) is 0 Å². The zero-order valence-electron chi connectivity index (χ0n) is 8.94. The molecule has 0 amide bonds. The van der Waals surface area contributed by atoms with Gasteiger partial charge in [-0.2, -0.15) is 0 Å². The maximum absolute atomic E-state index is 11.6. The fourth-order valence-electron chi connectivity index (χ4n) is 1.56. The van der Waals surface area contributed by atoms with Gasteiger partial charge in [-0.25, -0.2) is 0 Å². The lowest BCUT2D eigenvalue weighted by atomic mass is 10.0. The van der Waals surface area contributed by atoms with Crippen LogP contribution < -0.4 is 0 Å². The highest BCUT2D eigenvalue weighted by molar-refractivity contribution is 7.20. The molecule has 16 heavy (non-hydrogen) atoms. The van der Waals surface area contributed by atoms with Crippen molar-refractivity contribution in [2.75, 3.05) is 0 Å². The number of thiophene rings is 2. The maximum Gasteiger partial charge on any atom is 0.162 e. The lowest BCUT2D eigenvalue weighted by Crippen LogP contribution is -2.01. The number of hydrogen-bond acceptors (Lipinski definition) is 4. The first-order valence-corrected chi connectivity index (χ1v) is 6.54. The molecule has 0 aliphatic carbocycles. The van der Waals surface area contributed by atoms with Gasteiger partial charge in [0, 0.05) is 21.4 Å². The third kappa shape index (κ3) is 1.86. The van der Waals surface area contributed by atoms with Gasteiger partial charge in [0.15, 0.2) is 11.6 Å². The van der Waals surface area contributed by atoms with Crippen molar-refractivity contribution in [3.8, 4) is 9.75 Å². The first-order valence-electron chi connectivity index (χ1n) is 4.78. The Morgan fingerprint density at radius 2 is 1.88 bits per heavy atom. The second kappa shape index (κ2) is 4.31. The van der Waals surface area contributed by atoms with Crippen molar-refractivity contribution in [1.29, 1.82) is 0 Å². The molecule has 2 nitrogen and oxygen atoms in total. The van der Waals surface area contributed by atoms with Gasteiger partial charge in [0.1, 0.15) is 0 Å². The van der Waals surface area contributed by atoms with Crippen LogP contribution in [0.3, 0.4) is 0 Å². The summed E-state index contributed by atoms with van der Waals surface area (Å²) in [7, 11) is 0. The predicted octanol–water partition coefficient (Wildman–Crippen LogP) is 3.88. The van der Waals surface area contributed by atoms with E-state index >= 15 is 0 Å². The van der Waals surface area contributed by atoms with Gasteiger partial charge in [-0.05, 0) is 25.3 Å². The van der Waals surface area contributed by atoms with Crippen molar-refractivity contribution in [2.24, 2.45) is 0 Å². The summed E-state index contributed by atoms with van der Waals surface area (Å²) >= 11 is 3.04. The molecule has 0 radical (unpaired) electrons. The third-order valence-electron chi connectivity index (χ3n) is 2.27. The lowest BCUT2D eigenvalue weighted by Gasteiger charge is -1.99. The van der Waals surface area contributed by atoms with Crippen LogP contribution >= 0.6 is 22.7 Å².